The molecular formula is C16H30O3Si. The van der Waals surface area contributed by atoms with Crippen molar-refractivity contribution < 1.29 is 13.9 Å². The van der Waals surface area contributed by atoms with Gasteiger partial charge in [0, 0.05) is 18.4 Å². The molecule has 2 aliphatic rings. The summed E-state index contributed by atoms with van der Waals surface area (Å²) >= 11 is 0. The van der Waals surface area contributed by atoms with Crippen LogP contribution in [0, 0.1) is 5.41 Å². The molecule has 1 fully saturated rings. The minimum Gasteiger partial charge on any atom is -0.417 e. The molecule has 2 rings (SSSR count). The summed E-state index contributed by atoms with van der Waals surface area (Å²) in [7, 11) is -1.67. The lowest BCUT2D eigenvalue weighted by molar-refractivity contribution is -0.211. The summed E-state index contributed by atoms with van der Waals surface area (Å²) in [6.07, 6.45) is 6.27. The van der Waals surface area contributed by atoms with Crippen LogP contribution < -0.4 is 0 Å². The molecule has 1 atom stereocenters. The van der Waals surface area contributed by atoms with E-state index in [0.29, 0.717) is 13.2 Å². The molecule has 0 bridgehead atoms. The van der Waals surface area contributed by atoms with E-state index in [-0.39, 0.29) is 10.5 Å². The van der Waals surface area contributed by atoms with Gasteiger partial charge in [-0.3, -0.25) is 0 Å². The maximum Gasteiger partial charge on any atom is 0.191 e. The van der Waals surface area contributed by atoms with Crippen LogP contribution in [0.1, 0.15) is 40.5 Å². The summed E-state index contributed by atoms with van der Waals surface area (Å²) in [4.78, 5) is 0. The van der Waals surface area contributed by atoms with Gasteiger partial charge in [-0.1, -0.05) is 39.8 Å². The second kappa shape index (κ2) is 5.23. The Labute approximate surface area is 124 Å². The van der Waals surface area contributed by atoms with Crippen molar-refractivity contribution in [2.75, 3.05) is 19.8 Å². The Balaban J connectivity index is 1.95. The number of ether oxygens (including phenoxy) is 2. The van der Waals surface area contributed by atoms with Crippen molar-refractivity contribution in [1.29, 1.82) is 0 Å². The molecule has 0 aromatic rings. The monoisotopic (exact) mass is 298 g/mol. The van der Waals surface area contributed by atoms with E-state index < -0.39 is 14.1 Å². The molecule has 0 N–H and O–H groups in total. The largest absolute Gasteiger partial charge is 0.417 e. The summed E-state index contributed by atoms with van der Waals surface area (Å²) in [5.74, 6) is -0.427. The summed E-state index contributed by atoms with van der Waals surface area (Å²) in [6, 6.07) is 0. The van der Waals surface area contributed by atoms with Gasteiger partial charge in [-0.05, 0) is 24.6 Å². The van der Waals surface area contributed by atoms with Gasteiger partial charge in [0.2, 0.25) is 0 Å². The van der Waals surface area contributed by atoms with Gasteiger partial charge in [0.25, 0.3) is 0 Å². The van der Waals surface area contributed by atoms with Crippen LogP contribution in [-0.4, -0.2) is 33.9 Å². The SMILES string of the molecule is CC1(CCO[Si](C)(C)C(C)(C)C)C=CCC12OCCO2. The molecule has 0 aromatic carbocycles. The number of hydrogen-bond donors (Lipinski definition) is 0. The average Bonchev–Trinajstić information content (AvgIpc) is 2.88. The molecule has 3 nitrogen and oxygen atoms in total. The first-order valence-corrected chi connectivity index (χ1v) is 10.6. The topological polar surface area (TPSA) is 27.7 Å². The van der Waals surface area contributed by atoms with Crippen molar-refractivity contribution in [2.24, 2.45) is 5.41 Å². The average molecular weight is 298 g/mol. The van der Waals surface area contributed by atoms with E-state index in [0.717, 1.165) is 19.4 Å². The molecule has 1 saturated heterocycles. The Kier molecular flexibility index (Phi) is 4.24. The quantitative estimate of drug-likeness (QED) is 0.577. The number of rotatable bonds is 4. The van der Waals surface area contributed by atoms with Crippen molar-refractivity contribution in [3.63, 3.8) is 0 Å². The second-order valence-corrected chi connectivity index (χ2v) is 12.6. The molecule has 1 heterocycles. The molecule has 4 heteroatoms. The highest BCUT2D eigenvalue weighted by Gasteiger charge is 2.53. The van der Waals surface area contributed by atoms with Crippen molar-refractivity contribution in [3.8, 4) is 0 Å². The van der Waals surface area contributed by atoms with Crippen LogP contribution in [0.2, 0.25) is 18.1 Å². The van der Waals surface area contributed by atoms with Gasteiger partial charge in [-0.2, -0.15) is 0 Å². The van der Waals surface area contributed by atoms with Crippen LogP contribution in [0.5, 0.6) is 0 Å². The van der Waals surface area contributed by atoms with Gasteiger partial charge in [0.15, 0.2) is 14.1 Å². The van der Waals surface area contributed by atoms with Crippen LogP contribution in [0.3, 0.4) is 0 Å². The molecule has 0 aromatic heterocycles. The van der Waals surface area contributed by atoms with E-state index >= 15 is 0 Å². The van der Waals surface area contributed by atoms with Gasteiger partial charge in [-0.25, -0.2) is 0 Å². The highest BCUT2D eigenvalue weighted by Crippen LogP contribution is 2.49. The first kappa shape index (κ1) is 16.2. The Hall–Kier alpha value is -0.163. The normalized spacial score (nSPS) is 29.5. The van der Waals surface area contributed by atoms with Crippen molar-refractivity contribution in [1.82, 2.24) is 0 Å². The fourth-order valence-electron chi connectivity index (χ4n) is 2.75. The predicted molar refractivity (Wildman–Crippen MR) is 84.3 cm³/mol. The van der Waals surface area contributed by atoms with E-state index in [9.17, 15) is 0 Å². The molecule has 1 aliphatic carbocycles. The Morgan fingerprint density at radius 1 is 1.20 bits per heavy atom. The zero-order valence-corrected chi connectivity index (χ0v) is 14.9. The lowest BCUT2D eigenvalue weighted by Crippen LogP contribution is -2.46. The Bertz CT molecular complexity index is 378. The van der Waals surface area contributed by atoms with Crippen LogP contribution in [0.15, 0.2) is 12.2 Å². The third-order valence-electron chi connectivity index (χ3n) is 5.39. The highest BCUT2D eigenvalue weighted by atomic mass is 28.4. The second-order valence-electron chi connectivity index (χ2n) is 7.83. The summed E-state index contributed by atoms with van der Waals surface area (Å²) in [6.45, 7) is 15.9. The molecule has 116 valence electrons. The minimum absolute atomic E-state index is 0.0636. The molecule has 20 heavy (non-hydrogen) atoms. The zero-order chi connectivity index (χ0) is 15.1. The fraction of sp³-hybridized carbons (Fsp3) is 0.875. The maximum absolute atomic E-state index is 6.32. The van der Waals surface area contributed by atoms with Gasteiger partial charge in [-0.15, -0.1) is 0 Å². The summed E-state index contributed by atoms with van der Waals surface area (Å²) in [5.41, 5.74) is -0.0636. The van der Waals surface area contributed by atoms with Crippen LogP contribution in [-0.2, 0) is 13.9 Å². The zero-order valence-electron chi connectivity index (χ0n) is 13.9. The summed E-state index contributed by atoms with van der Waals surface area (Å²) < 4.78 is 18.2. The van der Waals surface area contributed by atoms with Crippen LogP contribution in [0.4, 0.5) is 0 Å². The standard InChI is InChI=1S/C16H30O3Si/c1-14(2,3)20(5,6)19-11-10-15(4)8-7-9-16(15)17-12-13-18-16/h7-8H,9-13H2,1-6H3. The molecule has 1 spiro atoms. The van der Waals surface area contributed by atoms with Crippen molar-refractivity contribution in [3.05, 3.63) is 12.2 Å². The molecule has 0 saturated carbocycles. The fourth-order valence-corrected chi connectivity index (χ4v) is 3.79. The Morgan fingerprint density at radius 2 is 1.80 bits per heavy atom. The molecule has 1 aliphatic heterocycles. The van der Waals surface area contributed by atoms with Crippen LogP contribution in [0.25, 0.3) is 0 Å². The van der Waals surface area contributed by atoms with E-state index in [1.807, 2.05) is 0 Å². The molecular weight excluding hydrogens is 268 g/mol. The number of hydrogen-bond acceptors (Lipinski definition) is 3. The molecule has 0 radical (unpaired) electrons. The summed E-state index contributed by atoms with van der Waals surface area (Å²) in [5, 5.41) is 0.261. The predicted octanol–water partition coefficient (Wildman–Crippen LogP) is 4.11. The molecule has 1 unspecified atom stereocenters. The smallest absolute Gasteiger partial charge is 0.191 e. The van der Waals surface area contributed by atoms with Crippen LogP contribution >= 0.6 is 0 Å². The third kappa shape index (κ3) is 2.76. The van der Waals surface area contributed by atoms with Gasteiger partial charge >= 0.3 is 0 Å². The molecule has 0 amide bonds. The lowest BCUT2D eigenvalue weighted by atomic mass is 9.81. The Morgan fingerprint density at radius 3 is 2.35 bits per heavy atom. The van der Waals surface area contributed by atoms with Gasteiger partial charge < -0.3 is 13.9 Å². The highest BCUT2D eigenvalue weighted by molar-refractivity contribution is 6.74. The van der Waals surface area contributed by atoms with E-state index in [4.69, 9.17) is 13.9 Å². The minimum atomic E-state index is -1.67. The van der Waals surface area contributed by atoms with Crippen molar-refractivity contribution >= 4 is 8.32 Å². The van der Waals surface area contributed by atoms with E-state index in [2.05, 4.69) is 52.9 Å². The van der Waals surface area contributed by atoms with E-state index in [1.165, 1.54) is 0 Å². The lowest BCUT2D eigenvalue weighted by Gasteiger charge is -2.41. The van der Waals surface area contributed by atoms with E-state index in [1.54, 1.807) is 0 Å². The van der Waals surface area contributed by atoms with Gasteiger partial charge in [0.05, 0.1) is 13.2 Å². The first-order valence-electron chi connectivity index (χ1n) is 7.72. The van der Waals surface area contributed by atoms with Gasteiger partial charge in [0.1, 0.15) is 0 Å². The maximum atomic E-state index is 6.32. The first-order chi connectivity index (χ1) is 9.12. The third-order valence-corrected chi connectivity index (χ3v) is 9.92. The van der Waals surface area contributed by atoms with Crippen molar-refractivity contribution in [2.45, 2.75) is 64.5 Å².